The second kappa shape index (κ2) is 5.20. The Hall–Kier alpha value is -1.95. The molecule has 2 aromatic rings. The van der Waals surface area contributed by atoms with Crippen molar-refractivity contribution in [1.29, 1.82) is 0 Å². The van der Waals surface area contributed by atoms with Crippen LogP contribution in [0.15, 0.2) is 41.3 Å². The molecule has 0 spiro atoms. The van der Waals surface area contributed by atoms with E-state index in [1.54, 1.807) is 18.2 Å². The van der Waals surface area contributed by atoms with Gasteiger partial charge in [0.25, 0.3) is 10.0 Å². The Morgan fingerprint density at radius 1 is 0.950 bits per heavy atom. The third-order valence-corrected chi connectivity index (χ3v) is 4.38. The maximum atomic E-state index is 13.5. The molecule has 1 N–H and O–H groups in total. The van der Waals surface area contributed by atoms with Crippen molar-refractivity contribution in [2.24, 2.45) is 0 Å². The Kier molecular flexibility index (Phi) is 3.76. The summed E-state index contributed by atoms with van der Waals surface area (Å²) < 4.78 is 53.3. The highest BCUT2D eigenvalue weighted by Gasteiger charge is 2.23. The first kappa shape index (κ1) is 14.5. The van der Waals surface area contributed by atoms with Crippen LogP contribution in [0.25, 0.3) is 0 Å². The lowest BCUT2D eigenvalue weighted by Crippen LogP contribution is -2.16. The summed E-state index contributed by atoms with van der Waals surface area (Å²) in [7, 11) is -4.30. The maximum Gasteiger partial charge on any atom is 0.267 e. The van der Waals surface area contributed by atoms with Gasteiger partial charge in [-0.2, -0.15) is 0 Å². The van der Waals surface area contributed by atoms with Gasteiger partial charge in [0, 0.05) is 5.69 Å². The van der Waals surface area contributed by atoms with Crippen LogP contribution in [-0.4, -0.2) is 8.42 Å². The van der Waals surface area contributed by atoms with E-state index in [0.29, 0.717) is 0 Å². The van der Waals surface area contributed by atoms with E-state index in [1.165, 1.54) is 0 Å². The number of rotatable bonds is 3. The zero-order chi connectivity index (χ0) is 14.9. The molecule has 6 heteroatoms. The topological polar surface area (TPSA) is 46.2 Å². The average Bonchev–Trinajstić information content (AvgIpc) is 2.33. The lowest BCUT2D eigenvalue weighted by molar-refractivity contribution is 0.521. The van der Waals surface area contributed by atoms with Gasteiger partial charge < -0.3 is 0 Å². The van der Waals surface area contributed by atoms with Crippen LogP contribution >= 0.6 is 0 Å². The van der Waals surface area contributed by atoms with Gasteiger partial charge in [-0.3, -0.25) is 4.72 Å². The molecule has 0 fully saturated rings. The second-order valence-corrected chi connectivity index (χ2v) is 6.07. The molecule has 0 atom stereocenters. The third kappa shape index (κ3) is 2.80. The minimum atomic E-state index is -4.30. The molecule has 2 rings (SSSR count). The summed E-state index contributed by atoms with van der Waals surface area (Å²) in [5, 5.41) is 0. The smallest absolute Gasteiger partial charge is 0.267 e. The molecule has 2 aromatic carbocycles. The monoisotopic (exact) mass is 297 g/mol. The Labute approximate surface area is 116 Å². The summed E-state index contributed by atoms with van der Waals surface area (Å²) in [4.78, 5) is -0.974. The molecule has 0 unspecified atom stereocenters. The molecular formula is C14H13F2NO2S. The van der Waals surface area contributed by atoms with E-state index in [-0.39, 0.29) is 5.69 Å². The average molecular weight is 297 g/mol. The molecule has 0 bridgehead atoms. The van der Waals surface area contributed by atoms with E-state index in [0.717, 1.165) is 29.3 Å². The Bertz CT molecular complexity index is 738. The van der Waals surface area contributed by atoms with Gasteiger partial charge in [0.05, 0.1) is 0 Å². The molecule has 20 heavy (non-hydrogen) atoms. The van der Waals surface area contributed by atoms with Crippen LogP contribution in [0.1, 0.15) is 11.1 Å². The van der Waals surface area contributed by atoms with Crippen LogP contribution < -0.4 is 4.72 Å². The molecule has 0 aromatic heterocycles. The van der Waals surface area contributed by atoms with Gasteiger partial charge in [-0.1, -0.05) is 12.1 Å². The van der Waals surface area contributed by atoms with E-state index >= 15 is 0 Å². The first-order valence-electron chi connectivity index (χ1n) is 5.85. The van der Waals surface area contributed by atoms with Crippen molar-refractivity contribution in [2.45, 2.75) is 18.7 Å². The third-order valence-electron chi connectivity index (χ3n) is 2.95. The highest BCUT2D eigenvalue weighted by atomic mass is 32.2. The fourth-order valence-electron chi connectivity index (χ4n) is 1.75. The SMILES string of the molecule is Cc1ccc(NS(=O)(=O)c2c(F)cccc2F)cc1C. The first-order valence-corrected chi connectivity index (χ1v) is 7.33. The molecule has 0 saturated carbocycles. The quantitative estimate of drug-likeness (QED) is 0.944. The normalized spacial score (nSPS) is 11.4. The number of benzene rings is 2. The summed E-state index contributed by atoms with van der Waals surface area (Å²) in [6.07, 6.45) is 0. The van der Waals surface area contributed by atoms with Gasteiger partial charge in [-0.15, -0.1) is 0 Å². The maximum absolute atomic E-state index is 13.5. The number of nitrogens with one attached hydrogen (secondary N) is 1. The highest BCUT2D eigenvalue weighted by molar-refractivity contribution is 7.92. The van der Waals surface area contributed by atoms with Crippen LogP contribution in [0.4, 0.5) is 14.5 Å². The number of sulfonamides is 1. The molecule has 106 valence electrons. The van der Waals surface area contributed by atoms with Gasteiger partial charge in [-0.05, 0) is 49.2 Å². The van der Waals surface area contributed by atoms with E-state index < -0.39 is 26.6 Å². The van der Waals surface area contributed by atoms with Crippen LogP contribution in [0.5, 0.6) is 0 Å². The number of hydrogen-bond donors (Lipinski definition) is 1. The number of hydrogen-bond acceptors (Lipinski definition) is 2. The van der Waals surface area contributed by atoms with Gasteiger partial charge in [0.15, 0.2) is 4.90 Å². The first-order chi connectivity index (χ1) is 9.31. The van der Waals surface area contributed by atoms with E-state index in [1.807, 2.05) is 13.8 Å². The van der Waals surface area contributed by atoms with Crippen LogP contribution in [0.3, 0.4) is 0 Å². The lowest BCUT2D eigenvalue weighted by Gasteiger charge is -2.11. The van der Waals surface area contributed by atoms with E-state index in [2.05, 4.69) is 4.72 Å². The van der Waals surface area contributed by atoms with Crippen molar-refractivity contribution in [3.05, 3.63) is 59.2 Å². The number of halogens is 2. The standard InChI is InChI=1S/C14H13F2NO2S/c1-9-6-7-11(8-10(9)2)17-20(18,19)14-12(15)4-3-5-13(14)16/h3-8,17H,1-2H3. The summed E-state index contributed by atoms with van der Waals surface area (Å²) in [6.45, 7) is 3.70. The fraction of sp³-hybridized carbons (Fsp3) is 0.143. The molecule has 0 radical (unpaired) electrons. The molecule has 0 amide bonds. The highest BCUT2D eigenvalue weighted by Crippen LogP contribution is 2.22. The fourth-order valence-corrected chi connectivity index (χ4v) is 2.94. The van der Waals surface area contributed by atoms with Crippen LogP contribution in [-0.2, 0) is 10.0 Å². The summed E-state index contributed by atoms with van der Waals surface area (Å²) >= 11 is 0. The Morgan fingerprint density at radius 2 is 1.55 bits per heavy atom. The van der Waals surface area contributed by atoms with Gasteiger partial charge in [0.2, 0.25) is 0 Å². The molecule has 0 aliphatic carbocycles. The van der Waals surface area contributed by atoms with Crippen molar-refractivity contribution in [2.75, 3.05) is 4.72 Å². The predicted octanol–water partition coefficient (Wildman–Crippen LogP) is 3.38. The zero-order valence-corrected chi connectivity index (χ0v) is 11.8. The minimum Gasteiger partial charge on any atom is -0.279 e. The molecule has 0 aliphatic rings. The van der Waals surface area contributed by atoms with Gasteiger partial charge >= 0.3 is 0 Å². The molecule has 0 saturated heterocycles. The molecule has 3 nitrogen and oxygen atoms in total. The van der Waals surface area contributed by atoms with Crippen LogP contribution in [0.2, 0.25) is 0 Å². The summed E-state index contributed by atoms with van der Waals surface area (Å²) in [5.74, 6) is -2.25. The van der Waals surface area contributed by atoms with Gasteiger partial charge in [-0.25, -0.2) is 17.2 Å². The number of aryl methyl sites for hydroxylation is 2. The Morgan fingerprint density at radius 3 is 2.10 bits per heavy atom. The van der Waals surface area contributed by atoms with Gasteiger partial charge in [0.1, 0.15) is 11.6 Å². The van der Waals surface area contributed by atoms with Crippen molar-refractivity contribution in [1.82, 2.24) is 0 Å². The van der Waals surface area contributed by atoms with Crippen molar-refractivity contribution in [3.63, 3.8) is 0 Å². The Balaban J connectivity index is 2.43. The molecule has 0 aliphatic heterocycles. The van der Waals surface area contributed by atoms with Crippen molar-refractivity contribution >= 4 is 15.7 Å². The predicted molar refractivity (Wildman–Crippen MR) is 73.1 cm³/mol. The lowest BCUT2D eigenvalue weighted by atomic mass is 10.1. The van der Waals surface area contributed by atoms with E-state index in [9.17, 15) is 17.2 Å². The number of anilines is 1. The molecule has 0 heterocycles. The van der Waals surface area contributed by atoms with Crippen molar-refractivity contribution < 1.29 is 17.2 Å². The zero-order valence-electron chi connectivity index (χ0n) is 10.9. The second-order valence-electron chi connectivity index (χ2n) is 4.46. The van der Waals surface area contributed by atoms with Crippen molar-refractivity contribution in [3.8, 4) is 0 Å². The largest absolute Gasteiger partial charge is 0.279 e. The van der Waals surface area contributed by atoms with E-state index in [4.69, 9.17) is 0 Å². The minimum absolute atomic E-state index is 0.260. The summed E-state index contributed by atoms with van der Waals surface area (Å²) in [5.41, 5.74) is 2.12. The molecular weight excluding hydrogens is 284 g/mol. The van der Waals surface area contributed by atoms with Crippen LogP contribution in [0, 0.1) is 25.5 Å². The summed E-state index contributed by atoms with van der Waals surface area (Å²) in [6, 6.07) is 7.78.